The Morgan fingerprint density at radius 3 is 2.00 bits per heavy atom. The third kappa shape index (κ3) is 4.39. The lowest BCUT2D eigenvalue weighted by atomic mass is 9.85. The summed E-state index contributed by atoms with van der Waals surface area (Å²) in [6.07, 6.45) is -0.0302. The average Bonchev–Trinajstić information content (AvgIpc) is 2.27. The SMILES string of the molecule is CC(C)(C)c1ccc(C(CCC(=O)O)C(=O)O)cc1. The van der Waals surface area contributed by atoms with Crippen LogP contribution < -0.4 is 0 Å². The first kappa shape index (κ1) is 15.2. The summed E-state index contributed by atoms with van der Waals surface area (Å²) in [5.74, 6) is -2.72. The molecule has 0 bridgehead atoms. The first-order valence-electron chi connectivity index (χ1n) is 6.27. The van der Waals surface area contributed by atoms with E-state index in [9.17, 15) is 14.7 Å². The number of carbonyl (C=O) groups is 2. The molecule has 0 aliphatic heterocycles. The molecule has 1 rings (SSSR count). The van der Waals surface area contributed by atoms with Crippen LogP contribution in [-0.2, 0) is 15.0 Å². The van der Waals surface area contributed by atoms with Crippen LogP contribution in [0.1, 0.15) is 50.7 Å². The Labute approximate surface area is 113 Å². The Morgan fingerprint density at radius 1 is 1.11 bits per heavy atom. The van der Waals surface area contributed by atoms with E-state index in [1.54, 1.807) is 12.1 Å². The lowest BCUT2D eigenvalue weighted by Crippen LogP contribution is -2.15. The van der Waals surface area contributed by atoms with Gasteiger partial charge in [0, 0.05) is 6.42 Å². The van der Waals surface area contributed by atoms with Gasteiger partial charge < -0.3 is 10.2 Å². The van der Waals surface area contributed by atoms with E-state index in [0.717, 1.165) is 5.56 Å². The second-order valence-corrected chi connectivity index (χ2v) is 5.70. The maximum Gasteiger partial charge on any atom is 0.310 e. The van der Waals surface area contributed by atoms with Crippen molar-refractivity contribution in [1.29, 1.82) is 0 Å². The van der Waals surface area contributed by atoms with Gasteiger partial charge in [-0.05, 0) is 23.0 Å². The number of aliphatic carboxylic acids is 2. The maximum absolute atomic E-state index is 11.2. The Kier molecular flexibility index (Phi) is 4.70. The van der Waals surface area contributed by atoms with E-state index in [0.29, 0.717) is 5.56 Å². The predicted octanol–water partition coefficient (Wildman–Crippen LogP) is 3.02. The fourth-order valence-electron chi connectivity index (χ4n) is 1.92. The molecule has 4 nitrogen and oxygen atoms in total. The van der Waals surface area contributed by atoms with Crippen LogP contribution in [0.2, 0.25) is 0 Å². The average molecular weight is 264 g/mol. The van der Waals surface area contributed by atoms with Crippen molar-refractivity contribution >= 4 is 11.9 Å². The van der Waals surface area contributed by atoms with Gasteiger partial charge in [0.15, 0.2) is 0 Å². The van der Waals surface area contributed by atoms with Gasteiger partial charge in [-0.2, -0.15) is 0 Å². The smallest absolute Gasteiger partial charge is 0.310 e. The third-order valence-electron chi connectivity index (χ3n) is 3.12. The molecule has 0 amide bonds. The lowest BCUT2D eigenvalue weighted by Gasteiger charge is -2.20. The topological polar surface area (TPSA) is 74.6 Å². The largest absolute Gasteiger partial charge is 0.481 e. The van der Waals surface area contributed by atoms with Crippen molar-refractivity contribution in [1.82, 2.24) is 0 Å². The molecular weight excluding hydrogens is 244 g/mol. The summed E-state index contributed by atoms with van der Waals surface area (Å²) < 4.78 is 0. The zero-order valence-corrected chi connectivity index (χ0v) is 11.5. The second kappa shape index (κ2) is 5.87. The molecule has 0 aliphatic rings. The van der Waals surface area contributed by atoms with Crippen molar-refractivity contribution in [3.8, 4) is 0 Å². The molecule has 0 radical (unpaired) electrons. The van der Waals surface area contributed by atoms with Crippen molar-refractivity contribution in [3.05, 3.63) is 35.4 Å². The molecule has 0 heterocycles. The highest BCUT2D eigenvalue weighted by Crippen LogP contribution is 2.26. The molecule has 1 aromatic rings. The van der Waals surface area contributed by atoms with Gasteiger partial charge in [0.1, 0.15) is 0 Å². The summed E-state index contributed by atoms with van der Waals surface area (Å²) in [6, 6.07) is 7.38. The predicted molar refractivity (Wildman–Crippen MR) is 72.4 cm³/mol. The molecule has 0 aromatic heterocycles. The zero-order chi connectivity index (χ0) is 14.6. The van der Waals surface area contributed by atoms with E-state index in [-0.39, 0.29) is 18.3 Å². The molecule has 0 aliphatic carbocycles. The van der Waals surface area contributed by atoms with Crippen molar-refractivity contribution in [2.45, 2.75) is 44.9 Å². The third-order valence-corrected chi connectivity index (χ3v) is 3.12. The number of benzene rings is 1. The summed E-state index contributed by atoms with van der Waals surface area (Å²) in [6.45, 7) is 6.25. The van der Waals surface area contributed by atoms with Crippen LogP contribution in [-0.4, -0.2) is 22.2 Å². The molecule has 1 unspecified atom stereocenters. The van der Waals surface area contributed by atoms with Gasteiger partial charge in [-0.1, -0.05) is 45.0 Å². The maximum atomic E-state index is 11.2. The molecule has 1 atom stereocenters. The Bertz CT molecular complexity index is 454. The van der Waals surface area contributed by atoms with Gasteiger partial charge >= 0.3 is 11.9 Å². The van der Waals surface area contributed by atoms with E-state index >= 15 is 0 Å². The fraction of sp³-hybridized carbons (Fsp3) is 0.467. The molecule has 0 fully saturated rings. The van der Waals surface area contributed by atoms with E-state index in [1.807, 2.05) is 12.1 Å². The molecular formula is C15H20O4. The van der Waals surface area contributed by atoms with Gasteiger partial charge in [0.2, 0.25) is 0 Å². The van der Waals surface area contributed by atoms with Gasteiger partial charge in [-0.15, -0.1) is 0 Å². The summed E-state index contributed by atoms with van der Waals surface area (Å²) in [4.78, 5) is 21.8. The first-order valence-corrected chi connectivity index (χ1v) is 6.27. The molecule has 0 spiro atoms. The Morgan fingerprint density at radius 2 is 1.63 bits per heavy atom. The van der Waals surface area contributed by atoms with Gasteiger partial charge in [-0.3, -0.25) is 9.59 Å². The molecule has 1 aromatic carbocycles. The van der Waals surface area contributed by atoms with Crippen LogP contribution in [0.15, 0.2) is 24.3 Å². The highest BCUT2D eigenvalue weighted by molar-refractivity contribution is 5.77. The van der Waals surface area contributed by atoms with Crippen LogP contribution in [0.4, 0.5) is 0 Å². The molecule has 4 heteroatoms. The summed E-state index contributed by atoms with van der Waals surface area (Å²) >= 11 is 0. The van der Waals surface area contributed by atoms with E-state index in [2.05, 4.69) is 20.8 Å². The van der Waals surface area contributed by atoms with Crippen molar-refractivity contribution < 1.29 is 19.8 Å². The van der Waals surface area contributed by atoms with Crippen LogP contribution in [0.3, 0.4) is 0 Å². The quantitative estimate of drug-likeness (QED) is 0.857. The minimum Gasteiger partial charge on any atom is -0.481 e. The molecule has 2 N–H and O–H groups in total. The summed E-state index contributed by atoms with van der Waals surface area (Å²) in [5.41, 5.74) is 1.79. The molecule has 19 heavy (non-hydrogen) atoms. The number of carboxylic acids is 2. The highest BCUT2D eigenvalue weighted by Gasteiger charge is 2.21. The number of rotatable bonds is 5. The minimum absolute atomic E-state index is 0.0122. The highest BCUT2D eigenvalue weighted by atomic mass is 16.4. The van der Waals surface area contributed by atoms with E-state index in [4.69, 9.17) is 5.11 Å². The number of carboxylic acid groups (broad SMARTS) is 2. The summed E-state index contributed by atoms with van der Waals surface area (Å²) in [5, 5.41) is 17.8. The van der Waals surface area contributed by atoms with Crippen LogP contribution in [0.25, 0.3) is 0 Å². The minimum atomic E-state index is -0.982. The monoisotopic (exact) mass is 264 g/mol. The fourth-order valence-corrected chi connectivity index (χ4v) is 1.92. The van der Waals surface area contributed by atoms with Gasteiger partial charge in [0.25, 0.3) is 0 Å². The second-order valence-electron chi connectivity index (χ2n) is 5.70. The number of hydrogen-bond acceptors (Lipinski definition) is 2. The Balaban J connectivity index is 2.92. The zero-order valence-electron chi connectivity index (χ0n) is 11.5. The lowest BCUT2D eigenvalue weighted by molar-refractivity contribution is -0.140. The van der Waals surface area contributed by atoms with Crippen LogP contribution in [0, 0.1) is 0 Å². The first-order chi connectivity index (χ1) is 8.71. The van der Waals surface area contributed by atoms with Crippen molar-refractivity contribution in [2.24, 2.45) is 0 Å². The van der Waals surface area contributed by atoms with Crippen molar-refractivity contribution in [3.63, 3.8) is 0 Å². The van der Waals surface area contributed by atoms with E-state index < -0.39 is 17.9 Å². The van der Waals surface area contributed by atoms with Gasteiger partial charge in [-0.25, -0.2) is 0 Å². The normalized spacial score (nSPS) is 13.0. The van der Waals surface area contributed by atoms with Crippen LogP contribution >= 0.6 is 0 Å². The molecule has 0 saturated heterocycles. The molecule has 0 saturated carbocycles. The van der Waals surface area contributed by atoms with E-state index in [1.165, 1.54) is 0 Å². The van der Waals surface area contributed by atoms with Gasteiger partial charge in [0.05, 0.1) is 5.92 Å². The summed E-state index contributed by atoms with van der Waals surface area (Å²) in [7, 11) is 0. The van der Waals surface area contributed by atoms with Crippen molar-refractivity contribution in [2.75, 3.05) is 0 Å². The standard InChI is InChI=1S/C15H20O4/c1-15(2,3)11-6-4-10(5-7-11)12(14(18)19)8-9-13(16)17/h4-7,12H,8-9H2,1-3H3,(H,16,17)(H,18,19). The molecule has 104 valence electrons. The van der Waals surface area contributed by atoms with Crippen LogP contribution in [0.5, 0.6) is 0 Å². The number of hydrogen-bond donors (Lipinski definition) is 2. The Hall–Kier alpha value is -1.84.